The molecule has 0 heterocycles. The molecule has 18 heavy (non-hydrogen) atoms. The summed E-state index contributed by atoms with van der Waals surface area (Å²) in [5, 5.41) is 0. The van der Waals surface area contributed by atoms with Gasteiger partial charge in [0.2, 0.25) is 0 Å². The molecule has 1 aromatic carbocycles. The summed E-state index contributed by atoms with van der Waals surface area (Å²) < 4.78 is 9.58. The lowest BCUT2D eigenvalue weighted by molar-refractivity contribution is -0.152. The van der Waals surface area contributed by atoms with Gasteiger partial charge in [-0.05, 0) is 11.5 Å². The first-order valence-electron chi connectivity index (χ1n) is 5.47. The summed E-state index contributed by atoms with van der Waals surface area (Å²) in [5.74, 6) is 2.99. The van der Waals surface area contributed by atoms with Crippen LogP contribution in [0.3, 0.4) is 0 Å². The zero-order valence-electron chi connectivity index (χ0n) is 10.1. The van der Waals surface area contributed by atoms with E-state index < -0.39 is 11.8 Å². The van der Waals surface area contributed by atoms with Gasteiger partial charge in [0.1, 0.15) is 6.61 Å². The van der Waals surface area contributed by atoms with Gasteiger partial charge in [0.15, 0.2) is 0 Å². The van der Waals surface area contributed by atoms with Crippen LogP contribution < -0.4 is 0 Å². The zero-order valence-corrected chi connectivity index (χ0v) is 10.1. The predicted octanol–water partition coefficient (Wildman–Crippen LogP) is 1.34. The van der Waals surface area contributed by atoms with Crippen molar-refractivity contribution >= 4 is 11.8 Å². The number of methoxy groups -OCH3 is 1. The van der Waals surface area contributed by atoms with E-state index in [1.54, 1.807) is 0 Å². The molecule has 0 aliphatic heterocycles. The maximum absolute atomic E-state index is 11.3. The number of ether oxygens (including phenoxy) is 2. The van der Waals surface area contributed by atoms with Gasteiger partial charge in [-0.3, -0.25) is 4.79 Å². The van der Waals surface area contributed by atoms with Crippen molar-refractivity contribution in [3.8, 4) is 11.8 Å². The lowest BCUT2D eigenvalue weighted by atomic mass is 10.2. The molecule has 94 valence electrons. The highest BCUT2D eigenvalue weighted by molar-refractivity contribution is 6.40. The van der Waals surface area contributed by atoms with Crippen molar-refractivity contribution < 1.29 is 19.1 Å². The van der Waals surface area contributed by atoms with E-state index in [0.717, 1.165) is 5.56 Å². The number of hydrogen-bond acceptors (Lipinski definition) is 4. The number of carbonyl (C=O) groups excluding carboxylic acids is 2. The van der Waals surface area contributed by atoms with Crippen molar-refractivity contribution in [3.63, 3.8) is 0 Å². The number of ketones is 1. The molecule has 0 aromatic heterocycles. The van der Waals surface area contributed by atoms with Crippen LogP contribution in [0.4, 0.5) is 0 Å². The molecule has 4 nitrogen and oxygen atoms in total. The summed E-state index contributed by atoms with van der Waals surface area (Å²) in [4.78, 5) is 22.5. The Kier molecular flexibility index (Phi) is 6.23. The molecular formula is C14H14O4. The Bertz CT molecular complexity index is 454. The van der Waals surface area contributed by atoms with Gasteiger partial charge in [0, 0.05) is 13.5 Å². The van der Waals surface area contributed by atoms with Crippen LogP contribution in [0.5, 0.6) is 0 Å². The molecule has 0 aliphatic rings. The van der Waals surface area contributed by atoms with Gasteiger partial charge in [0.05, 0.1) is 6.61 Å². The van der Waals surface area contributed by atoms with Gasteiger partial charge in [-0.15, -0.1) is 0 Å². The molecule has 0 N–H and O–H groups in total. The molecule has 1 aromatic rings. The fourth-order valence-corrected chi connectivity index (χ4v) is 1.14. The van der Waals surface area contributed by atoms with Gasteiger partial charge >= 0.3 is 11.8 Å². The smallest absolute Gasteiger partial charge is 0.388 e. The maximum atomic E-state index is 11.3. The van der Waals surface area contributed by atoms with Crippen molar-refractivity contribution in [2.24, 2.45) is 0 Å². The van der Waals surface area contributed by atoms with Crippen molar-refractivity contribution in [2.75, 3.05) is 13.7 Å². The zero-order chi connectivity index (χ0) is 13.2. The number of carbonyl (C=O) groups is 2. The summed E-state index contributed by atoms with van der Waals surface area (Å²) in [5.41, 5.74) is 0.825. The predicted molar refractivity (Wildman–Crippen MR) is 65.5 cm³/mol. The molecule has 0 bridgehead atoms. The molecule has 0 atom stereocenters. The minimum Gasteiger partial charge on any atom is -0.454 e. The van der Waals surface area contributed by atoms with Crippen molar-refractivity contribution in [1.82, 2.24) is 0 Å². The largest absolute Gasteiger partial charge is 0.454 e. The Morgan fingerprint density at radius 2 is 1.94 bits per heavy atom. The summed E-state index contributed by atoms with van der Waals surface area (Å²) in [6.45, 7) is 0.504. The summed E-state index contributed by atoms with van der Waals surface area (Å²) in [7, 11) is 1.54. The fourth-order valence-electron chi connectivity index (χ4n) is 1.14. The van der Waals surface area contributed by atoms with Gasteiger partial charge < -0.3 is 9.47 Å². The molecule has 0 saturated heterocycles. The molecule has 0 fully saturated rings. The van der Waals surface area contributed by atoms with Crippen molar-refractivity contribution in [3.05, 3.63) is 35.9 Å². The molecule has 0 saturated carbocycles. The average molecular weight is 246 g/mol. The molecule has 4 heteroatoms. The van der Waals surface area contributed by atoms with Gasteiger partial charge in [0.25, 0.3) is 0 Å². The third kappa shape index (κ3) is 5.28. The van der Waals surface area contributed by atoms with E-state index in [2.05, 4.69) is 11.8 Å². The monoisotopic (exact) mass is 246 g/mol. The third-order valence-corrected chi connectivity index (χ3v) is 2.03. The molecule has 0 aliphatic carbocycles. The Balaban J connectivity index is 2.36. The Hall–Kier alpha value is -2.12. The highest BCUT2D eigenvalue weighted by Crippen LogP contribution is 2.00. The Morgan fingerprint density at radius 1 is 1.22 bits per heavy atom. The first-order valence-corrected chi connectivity index (χ1v) is 5.47. The van der Waals surface area contributed by atoms with E-state index in [0.29, 0.717) is 13.0 Å². The van der Waals surface area contributed by atoms with Gasteiger partial charge in [-0.1, -0.05) is 36.3 Å². The molecule has 0 radical (unpaired) electrons. The minimum atomic E-state index is -0.927. The second kappa shape index (κ2) is 8.04. The first-order chi connectivity index (χ1) is 8.74. The van der Waals surface area contributed by atoms with E-state index in [9.17, 15) is 9.59 Å². The molecular weight excluding hydrogens is 232 g/mol. The second-order valence-corrected chi connectivity index (χ2v) is 3.44. The lowest BCUT2D eigenvalue weighted by Gasteiger charge is -2.01. The van der Waals surface area contributed by atoms with Crippen LogP contribution in [0.15, 0.2) is 30.3 Å². The Labute approximate surface area is 106 Å². The van der Waals surface area contributed by atoms with Crippen LogP contribution >= 0.6 is 0 Å². The second-order valence-electron chi connectivity index (χ2n) is 3.44. The highest BCUT2D eigenvalue weighted by atomic mass is 16.5. The molecule has 0 amide bonds. The maximum Gasteiger partial charge on any atom is 0.388 e. The quantitative estimate of drug-likeness (QED) is 0.259. The summed E-state index contributed by atoms with van der Waals surface area (Å²) in [6.07, 6.45) is 0.411. The van der Waals surface area contributed by atoms with Crippen molar-refractivity contribution in [1.29, 1.82) is 0 Å². The fraction of sp³-hybridized carbons (Fsp3) is 0.286. The first kappa shape index (κ1) is 13.9. The summed E-state index contributed by atoms with van der Waals surface area (Å²) in [6, 6.07) is 9.13. The van der Waals surface area contributed by atoms with Crippen LogP contribution in [0, 0.1) is 11.8 Å². The number of benzene rings is 1. The molecule has 0 unspecified atom stereocenters. The number of hydrogen-bond donors (Lipinski definition) is 0. The number of rotatable bonds is 5. The van der Waals surface area contributed by atoms with E-state index in [-0.39, 0.29) is 6.61 Å². The third-order valence-electron chi connectivity index (χ3n) is 2.03. The van der Waals surface area contributed by atoms with E-state index in [1.165, 1.54) is 7.11 Å². The van der Waals surface area contributed by atoms with Gasteiger partial charge in [-0.2, -0.15) is 0 Å². The van der Waals surface area contributed by atoms with Crippen molar-refractivity contribution in [2.45, 2.75) is 13.0 Å². The SMILES string of the molecule is COCCC#CC(=O)C(=O)OCc1ccccc1. The summed E-state index contributed by atoms with van der Waals surface area (Å²) >= 11 is 0. The van der Waals surface area contributed by atoms with E-state index in [4.69, 9.17) is 9.47 Å². The van der Waals surface area contributed by atoms with E-state index >= 15 is 0 Å². The van der Waals surface area contributed by atoms with Crippen LogP contribution in [-0.2, 0) is 25.7 Å². The van der Waals surface area contributed by atoms with Crippen LogP contribution in [-0.4, -0.2) is 25.5 Å². The molecule has 1 rings (SSSR count). The van der Waals surface area contributed by atoms with Crippen LogP contribution in [0.1, 0.15) is 12.0 Å². The highest BCUT2D eigenvalue weighted by Gasteiger charge is 2.12. The molecule has 0 spiro atoms. The lowest BCUT2D eigenvalue weighted by Crippen LogP contribution is -2.15. The number of esters is 1. The van der Waals surface area contributed by atoms with Crippen LogP contribution in [0.2, 0.25) is 0 Å². The van der Waals surface area contributed by atoms with Gasteiger partial charge in [-0.25, -0.2) is 4.79 Å². The number of Topliss-reactive ketones (excluding diaryl/α,β-unsaturated/α-hetero) is 1. The van der Waals surface area contributed by atoms with E-state index in [1.807, 2.05) is 30.3 Å². The standard InChI is InChI=1S/C14H14O4/c1-17-10-6-5-9-13(15)14(16)18-11-12-7-3-2-4-8-12/h2-4,7-8H,6,10-11H2,1H3. The van der Waals surface area contributed by atoms with Crippen LogP contribution in [0.25, 0.3) is 0 Å². The minimum absolute atomic E-state index is 0.0746. The Morgan fingerprint density at radius 3 is 2.61 bits per heavy atom. The average Bonchev–Trinajstić information content (AvgIpc) is 2.42. The normalized spacial score (nSPS) is 9.17. The topological polar surface area (TPSA) is 52.6 Å².